The minimum absolute atomic E-state index is 0.0263. The monoisotopic (exact) mass is 546 g/mol. The average Bonchev–Trinajstić information content (AvgIpc) is 3.60. The van der Waals surface area contributed by atoms with Gasteiger partial charge in [-0.05, 0) is 56.9 Å². The minimum atomic E-state index is -1.12. The van der Waals surface area contributed by atoms with Crippen LogP contribution in [0.2, 0.25) is 0 Å². The Morgan fingerprint density at radius 1 is 1.21 bits per heavy atom. The van der Waals surface area contributed by atoms with Crippen LogP contribution in [0.1, 0.15) is 63.0 Å². The molecule has 1 aromatic rings. The van der Waals surface area contributed by atoms with Crippen LogP contribution in [0.15, 0.2) is 23.8 Å². The fraction of sp³-hybridized carbons (Fsp3) is 0.655. The van der Waals surface area contributed by atoms with Gasteiger partial charge < -0.3 is 39.7 Å². The highest BCUT2D eigenvalue weighted by Gasteiger charge is 2.51. The molecule has 2 amide bonds. The van der Waals surface area contributed by atoms with E-state index in [9.17, 15) is 24.9 Å². The molecule has 1 aromatic carbocycles. The number of fused-ring (bicyclic) bond motifs is 3. The Kier molecular flexibility index (Phi) is 9.87. The number of rotatable bonds is 12. The van der Waals surface area contributed by atoms with E-state index in [1.165, 1.54) is 7.11 Å². The second-order valence-corrected chi connectivity index (χ2v) is 10.8. The Morgan fingerprint density at radius 3 is 2.59 bits per heavy atom. The van der Waals surface area contributed by atoms with E-state index in [2.05, 4.69) is 5.32 Å². The Hall–Kier alpha value is -2.66. The fourth-order valence-electron chi connectivity index (χ4n) is 5.99. The number of nitrogens with zero attached hydrogens (tertiary/aromatic N) is 1. The van der Waals surface area contributed by atoms with E-state index in [4.69, 9.17) is 14.2 Å². The third kappa shape index (κ3) is 6.24. The summed E-state index contributed by atoms with van der Waals surface area (Å²) in [6, 6.07) is 2.64. The number of carbonyl (C=O) groups is 2. The summed E-state index contributed by atoms with van der Waals surface area (Å²) >= 11 is 0. The van der Waals surface area contributed by atoms with Crippen molar-refractivity contribution in [1.82, 2.24) is 10.2 Å². The van der Waals surface area contributed by atoms with Crippen LogP contribution in [0, 0.1) is 5.92 Å². The highest BCUT2D eigenvalue weighted by atomic mass is 16.5. The summed E-state index contributed by atoms with van der Waals surface area (Å²) in [5, 5.41) is 33.6. The van der Waals surface area contributed by atoms with Crippen molar-refractivity contribution in [3.8, 4) is 11.5 Å². The van der Waals surface area contributed by atoms with Crippen molar-refractivity contribution in [2.45, 2.75) is 82.8 Å². The number of aliphatic hydroxyl groups is 3. The van der Waals surface area contributed by atoms with Crippen molar-refractivity contribution in [3.63, 3.8) is 0 Å². The van der Waals surface area contributed by atoms with E-state index >= 15 is 0 Å². The Labute approximate surface area is 229 Å². The maximum absolute atomic E-state index is 13.8. The van der Waals surface area contributed by atoms with Crippen molar-refractivity contribution < 1.29 is 39.1 Å². The average molecular weight is 547 g/mol. The summed E-state index contributed by atoms with van der Waals surface area (Å²) in [5.74, 6) is -0.384. The van der Waals surface area contributed by atoms with E-state index in [-0.39, 0.29) is 37.7 Å². The highest BCUT2D eigenvalue weighted by molar-refractivity contribution is 5.96. The van der Waals surface area contributed by atoms with Crippen molar-refractivity contribution >= 4 is 11.8 Å². The van der Waals surface area contributed by atoms with Crippen molar-refractivity contribution in [2.24, 2.45) is 5.92 Å². The second-order valence-electron chi connectivity index (χ2n) is 10.8. The lowest BCUT2D eigenvalue weighted by atomic mass is 9.77. The zero-order valence-corrected chi connectivity index (χ0v) is 23.1. The normalized spacial score (nSPS) is 24.1. The van der Waals surface area contributed by atoms with Crippen LogP contribution in [0.4, 0.5) is 0 Å². The third-order valence-electron chi connectivity index (χ3n) is 7.84. The SMILES string of the molecule is COc1cc(CO)cc2c1O[C@@H]1[C@@H](O)[C@H](N(CCCOC(C)C)C(=O)C3CCCC3)C=C(C(=O)NCCO)[C@H]21. The van der Waals surface area contributed by atoms with Crippen molar-refractivity contribution in [2.75, 3.05) is 33.4 Å². The molecule has 0 saturated heterocycles. The Balaban J connectivity index is 1.73. The quantitative estimate of drug-likeness (QED) is 0.291. The van der Waals surface area contributed by atoms with Gasteiger partial charge in [0.05, 0.1) is 38.4 Å². The zero-order chi connectivity index (χ0) is 28.1. The van der Waals surface area contributed by atoms with E-state index < -0.39 is 30.1 Å². The molecule has 39 heavy (non-hydrogen) atoms. The van der Waals surface area contributed by atoms with Gasteiger partial charge in [-0.3, -0.25) is 9.59 Å². The summed E-state index contributed by atoms with van der Waals surface area (Å²) in [7, 11) is 1.49. The predicted molar refractivity (Wildman–Crippen MR) is 143 cm³/mol. The van der Waals surface area contributed by atoms with Gasteiger partial charge in [0.1, 0.15) is 12.2 Å². The van der Waals surface area contributed by atoms with Gasteiger partial charge in [0.15, 0.2) is 11.5 Å². The maximum atomic E-state index is 13.8. The number of aliphatic hydroxyl groups excluding tert-OH is 3. The summed E-state index contributed by atoms with van der Waals surface area (Å²) in [5.41, 5.74) is 1.57. The molecule has 4 rings (SSSR count). The molecular formula is C29H42N2O8. The molecule has 0 bridgehead atoms. The van der Waals surface area contributed by atoms with Gasteiger partial charge in [0.25, 0.3) is 0 Å². The number of ether oxygens (including phenoxy) is 3. The van der Waals surface area contributed by atoms with Gasteiger partial charge in [-0.25, -0.2) is 0 Å². The number of methoxy groups -OCH3 is 1. The second kappa shape index (κ2) is 13.1. The summed E-state index contributed by atoms with van der Waals surface area (Å²) in [6.07, 6.45) is 3.98. The van der Waals surface area contributed by atoms with Gasteiger partial charge in [-0.2, -0.15) is 0 Å². The first-order valence-electron chi connectivity index (χ1n) is 14.0. The predicted octanol–water partition coefficient (Wildman–Crippen LogP) is 1.64. The topological polar surface area (TPSA) is 138 Å². The first-order chi connectivity index (χ1) is 18.8. The van der Waals surface area contributed by atoms with E-state index in [0.29, 0.717) is 47.8 Å². The summed E-state index contributed by atoms with van der Waals surface area (Å²) < 4.78 is 17.5. The maximum Gasteiger partial charge on any atom is 0.247 e. The molecule has 0 radical (unpaired) electrons. The number of benzene rings is 1. The molecular weight excluding hydrogens is 504 g/mol. The molecule has 1 saturated carbocycles. The zero-order valence-electron chi connectivity index (χ0n) is 23.1. The Bertz CT molecular complexity index is 1050. The third-order valence-corrected chi connectivity index (χ3v) is 7.84. The molecule has 0 aromatic heterocycles. The van der Waals surface area contributed by atoms with E-state index in [1.807, 2.05) is 13.8 Å². The Morgan fingerprint density at radius 2 is 1.95 bits per heavy atom. The lowest BCUT2D eigenvalue weighted by Gasteiger charge is -2.41. The first-order valence-corrected chi connectivity index (χ1v) is 14.0. The smallest absolute Gasteiger partial charge is 0.247 e. The van der Waals surface area contributed by atoms with Gasteiger partial charge in [-0.1, -0.05) is 12.8 Å². The molecule has 4 N–H and O–H groups in total. The first kappa shape index (κ1) is 29.3. The van der Waals surface area contributed by atoms with Gasteiger partial charge >= 0.3 is 0 Å². The van der Waals surface area contributed by atoms with Crippen LogP contribution in [0.25, 0.3) is 0 Å². The molecule has 1 fully saturated rings. The molecule has 3 aliphatic rings. The number of amides is 2. The molecule has 4 atom stereocenters. The molecule has 1 heterocycles. The molecule has 10 heteroatoms. The minimum Gasteiger partial charge on any atom is -0.493 e. The number of carbonyl (C=O) groups excluding carboxylic acids is 2. The van der Waals surface area contributed by atoms with Crippen molar-refractivity contribution in [3.05, 3.63) is 34.9 Å². The van der Waals surface area contributed by atoms with Crippen LogP contribution in [0.3, 0.4) is 0 Å². The van der Waals surface area contributed by atoms with Gasteiger partial charge in [0, 0.05) is 36.8 Å². The van der Waals surface area contributed by atoms with Crippen LogP contribution < -0.4 is 14.8 Å². The highest BCUT2D eigenvalue weighted by Crippen LogP contribution is 2.51. The number of hydrogen-bond donors (Lipinski definition) is 4. The van der Waals surface area contributed by atoms with Crippen LogP contribution in [0.5, 0.6) is 11.5 Å². The molecule has 1 aliphatic heterocycles. The summed E-state index contributed by atoms with van der Waals surface area (Å²) in [4.78, 5) is 28.9. The summed E-state index contributed by atoms with van der Waals surface area (Å²) in [6.45, 7) is 4.36. The fourth-order valence-corrected chi connectivity index (χ4v) is 5.99. The molecule has 0 unspecified atom stereocenters. The number of hydrogen-bond acceptors (Lipinski definition) is 8. The van der Waals surface area contributed by atoms with Crippen LogP contribution in [-0.2, 0) is 20.9 Å². The molecule has 216 valence electrons. The van der Waals surface area contributed by atoms with Gasteiger partial charge in [0.2, 0.25) is 11.8 Å². The largest absolute Gasteiger partial charge is 0.493 e. The van der Waals surface area contributed by atoms with E-state index in [1.54, 1.807) is 23.1 Å². The number of nitrogens with one attached hydrogen (secondary N) is 1. The van der Waals surface area contributed by atoms with Crippen molar-refractivity contribution in [1.29, 1.82) is 0 Å². The van der Waals surface area contributed by atoms with Crippen LogP contribution >= 0.6 is 0 Å². The lowest BCUT2D eigenvalue weighted by Crippen LogP contribution is -2.57. The molecule has 0 spiro atoms. The van der Waals surface area contributed by atoms with Gasteiger partial charge in [-0.15, -0.1) is 0 Å². The lowest BCUT2D eigenvalue weighted by molar-refractivity contribution is -0.141. The standard InChI is InChI=1S/C29H42N2O8/c1-17(2)38-12-6-10-31(29(36)19-7-4-5-8-19)22-15-21(28(35)30-9-11-32)24-20-13-18(16-33)14-23(37-3)26(20)39-27(24)25(22)34/h13-15,17,19,22,24-25,27,32-34H,4-12,16H2,1-3H3,(H,30,35)/t22-,24+,25+,27+/m1/s1. The van der Waals surface area contributed by atoms with E-state index in [0.717, 1.165) is 25.7 Å². The molecule has 10 nitrogen and oxygen atoms in total. The van der Waals surface area contributed by atoms with Crippen LogP contribution in [-0.4, -0.2) is 89.8 Å². The molecule has 2 aliphatic carbocycles.